The molecular weight excluding hydrogens is 504 g/mol. The molecule has 5 aromatic rings. The Hall–Kier alpha value is -3.13. The highest BCUT2D eigenvalue weighted by Gasteiger charge is 2.30. The summed E-state index contributed by atoms with van der Waals surface area (Å²) in [6.07, 6.45) is -0.715. The predicted octanol–water partition coefficient (Wildman–Crippen LogP) is 7.63. The van der Waals surface area contributed by atoms with Crippen LogP contribution in [0.25, 0.3) is 43.1 Å². The van der Waals surface area contributed by atoms with Gasteiger partial charge in [-0.05, 0) is 83.0 Å². The van der Waals surface area contributed by atoms with Crippen molar-refractivity contribution < 1.29 is 9.53 Å². The number of aromatic nitrogens is 4. The van der Waals surface area contributed by atoms with Crippen molar-refractivity contribution in [3.63, 3.8) is 0 Å². The molecule has 0 bridgehead atoms. The third-order valence-electron chi connectivity index (χ3n) is 6.34. The van der Waals surface area contributed by atoms with Crippen LogP contribution in [-0.2, 0) is 16.6 Å². The number of Topliss-reactive ketones (excluding diaryl/α,β-unsaturated/α-hetero) is 1. The standard InChI is InChI=1S/C29H29ClN4O2S/c1-15-14-22-27(37-28(32-22)21-13-12-20-25(31-21)16(2)34(7)33-20)24(18-8-10-19(30)11-9-18)23(15)26(17(3)35)36-29(4,5)6/h8-14,26H,1-7H3/t26-/m1/s1. The zero-order valence-electron chi connectivity index (χ0n) is 22.0. The van der Waals surface area contributed by atoms with Gasteiger partial charge in [0.1, 0.15) is 22.1 Å². The first-order valence-electron chi connectivity index (χ1n) is 12.1. The molecule has 5 rings (SSSR count). The number of pyridine rings is 1. The van der Waals surface area contributed by atoms with Crippen LogP contribution in [0.2, 0.25) is 5.02 Å². The molecule has 0 N–H and O–H groups in total. The monoisotopic (exact) mass is 532 g/mol. The van der Waals surface area contributed by atoms with E-state index in [0.29, 0.717) is 5.02 Å². The van der Waals surface area contributed by atoms with Gasteiger partial charge in [0.25, 0.3) is 0 Å². The smallest absolute Gasteiger partial charge is 0.163 e. The first-order valence-corrected chi connectivity index (χ1v) is 13.3. The van der Waals surface area contributed by atoms with Gasteiger partial charge in [0, 0.05) is 23.2 Å². The van der Waals surface area contributed by atoms with E-state index in [4.69, 9.17) is 26.3 Å². The molecular formula is C29H29ClN4O2S. The van der Waals surface area contributed by atoms with Crippen LogP contribution in [-0.4, -0.2) is 31.1 Å². The van der Waals surface area contributed by atoms with Crippen molar-refractivity contribution in [2.24, 2.45) is 7.05 Å². The fraction of sp³-hybridized carbons (Fsp3) is 0.310. The summed E-state index contributed by atoms with van der Waals surface area (Å²) in [5, 5.41) is 5.98. The average Bonchev–Trinajstić information content (AvgIpc) is 3.37. The lowest BCUT2D eigenvalue weighted by Crippen LogP contribution is -2.27. The van der Waals surface area contributed by atoms with Crippen LogP contribution in [0.15, 0.2) is 42.5 Å². The first-order chi connectivity index (χ1) is 17.4. The summed E-state index contributed by atoms with van der Waals surface area (Å²) in [4.78, 5) is 22.8. The average molecular weight is 533 g/mol. The minimum absolute atomic E-state index is 0.0449. The number of nitrogens with zero attached hydrogens (tertiary/aromatic N) is 4. The Balaban J connectivity index is 1.78. The summed E-state index contributed by atoms with van der Waals surface area (Å²) in [6.45, 7) is 11.5. The van der Waals surface area contributed by atoms with Gasteiger partial charge in [0.2, 0.25) is 0 Å². The molecule has 0 aliphatic heterocycles. The zero-order chi connectivity index (χ0) is 26.6. The van der Waals surface area contributed by atoms with E-state index in [1.54, 1.807) is 18.3 Å². The van der Waals surface area contributed by atoms with Crippen LogP contribution >= 0.6 is 22.9 Å². The fourth-order valence-electron chi connectivity index (χ4n) is 4.57. The van der Waals surface area contributed by atoms with E-state index in [9.17, 15) is 4.79 Å². The molecule has 0 aliphatic carbocycles. The van der Waals surface area contributed by atoms with Crippen molar-refractivity contribution >= 4 is 50.0 Å². The maximum absolute atomic E-state index is 13.0. The Morgan fingerprint density at radius 1 is 1.05 bits per heavy atom. The SMILES string of the molecule is CC(=O)[C@@H](OC(C)(C)C)c1c(C)cc2nc(-c3ccc4nn(C)c(C)c4n3)sc2c1-c1ccc(Cl)cc1. The van der Waals surface area contributed by atoms with Gasteiger partial charge in [-0.15, -0.1) is 11.3 Å². The summed E-state index contributed by atoms with van der Waals surface area (Å²) in [6, 6.07) is 13.7. The number of ketones is 1. The van der Waals surface area contributed by atoms with Crippen molar-refractivity contribution in [1.82, 2.24) is 19.7 Å². The largest absolute Gasteiger partial charge is 0.360 e. The second-order valence-corrected chi connectivity index (χ2v) is 11.8. The van der Waals surface area contributed by atoms with Crippen molar-refractivity contribution in [3.8, 4) is 21.8 Å². The molecule has 6 nitrogen and oxygen atoms in total. The van der Waals surface area contributed by atoms with Gasteiger partial charge < -0.3 is 4.74 Å². The number of halogens is 1. The molecule has 1 atom stereocenters. The molecule has 3 aromatic heterocycles. The minimum Gasteiger partial charge on any atom is -0.360 e. The van der Waals surface area contributed by atoms with Crippen LogP contribution in [0.4, 0.5) is 0 Å². The first kappa shape index (κ1) is 25.5. The Labute approximate surface area is 225 Å². The third kappa shape index (κ3) is 4.79. The number of aryl methyl sites for hydroxylation is 3. The normalized spacial score (nSPS) is 13.0. The van der Waals surface area contributed by atoms with Crippen LogP contribution in [0.5, 0.6) is 0 Å². The highest BCUT2D eigenvalue weighted by Crippen LogP contribution is 2.44. The summed E-state index contributed by atoms with van der Waals surface area (Å²) in [5.74, 6) is -0.0449. The van der Waals surface area contributed by atoms with Crippen molar-refractivity contribution in [2.45, 2.75) is 53.2 Å². The fourth-order valence-corrected chi connectivity index (χ4v) is 5.79. The van der Waals surface area contributed by atoms with Crippen LogP contribution < -0.4 is 0 Å². The van der Waals surface area contributed by atoms with E-state index in [1.807, 2.05) is 88.8 Å². The molecule has 37 heavy (non-hydrogen) atoms. The number of carbonyl (C=O) groups is 1. The molecule has 0 spiro atoms. The van der Waals surface area contributed by atoms with Crippen LogP contribution in [0, 0.1) is 13.8 Å². The van der Waals surface area contributed by atoms with Crippen LogP contribution in [0.3, 0.4) is 0 Å². The number of thiazole rings is 1. The number of hydrogen-bond acceptors (Lipinski definition) is 6. The number of fused-ring (bicyclic) bond motifs is 2. The van der Waals surface area contributed by atoms with Gasteiger partial charge >= 0.3 is 0 Å². The molecule has 2 aromatic carbocycles. The maximum atomic E-state index is 13.0. The second kappa shape index (κ2) is 9.31. The molecule has 0 unspecified atom stereocenters. The molecule has 3 heterocycles. The van der Waals surface area contributed by atoms with E-state index in [-0.39, 0.29) is 5.78 Å². The van der Waals surface area contributed by atoms with Gasteiger partial charge in [0.15, 0.2) is 5.78 Å². The molecule has 190 valence electrons. The molecule has 0 radical (unpaired) electrons. The quantitative estimate of drug-likeness (QED) is 0.233. The lowest BCUT2D eigenvalue weighted by atomic mass is 9.90. The van der Waals surface area contributed by atoms with Gasteiger partial charge in [-0.25, -0.2) is 9.97 Å². The Morgan fingerprint density at radius 2 is 1.76 bits per heavy atom. The molecule has 0 fully saturated rings. The van der Waals surface area contributed by atoms with Crippen LogP contribution in [0.1, 0.15) is 50.6 Å². The predicted molar refractivity (Wildman–Crippen MR) is 151 cm³/mol. The number of benzene rings is 2. The molecule has 0 saturated carbocycles. The zero-order valence-corrected chi connectivity index (χ0v) is 23.6. The highest BCUT2D eigenvalue weighted by atomic mass is 35.5. The van der Waals surface area contributed by atoms with Gasteiger partial charge in [-0.1, -0.05) is 23.7 Å². The summed E-state index contributed by atoms with van der Waals surface area (Å²) < 4.78 is 9.16. The molecule has 8 heteroatoms. The number of rotatable bonds is 5. The van der Waals surface area contributed by atoms with E-state index in [1.165, 1.54) is 0 Å². The van der Waals surface area contributed by atoms with E-state index >= 15 is 0 Å². The Kier molecular flexibility index (Phi) is 6.42. The lowest BCUT2D eigenvalue weighted by Gasteiger charge is -2.29. The van der Waals surface area contributed by atoms with Gasteiger partial charge in [-0.2, -0.15) is 5.10 Å². The number of ether oxygens (including phenoxy) is 1. The minimum atomic E-state index is -0.715. The van der Waals surface area contributed by atoms with Gasteiger partial charge in [0.05, 0.1) is 27.2 Å². The maximum Gasteiger partial charge on any atom is 0.163 e. The van der Waals surface area contributed by atoms with Gasteiger partial charge in [-0.3, -0.25) is 9.48 Å². The Morgan fingerprint density at radius 3 is 2.41 bits per heavy atom. The van der Waals surface area contributed by atoms with Crippen molar-refractivity contribution in [3.05, 3.63) is 64.3 Å². The van der Waals surface area contributed by atoms with E-state index in [2.05, 4.69) is 5.10 Å². The lowest BCUT2D eigenvalue weighted by molar-refractivity contribution is -0.138. The summed E-state index contributed by atoms with van der Waals surface area (Å²) in [7, 11) is 1.92. The molecule has 0 saturated heterocycles. The Bertz CT molecular complexity index is 1660. The molecule has 0 aliphatic rings. The van der Waals surface area contributed by atoms with Crippen molar-refractivity contribution in [2.75, 3.05) is 0 Å². The van der Waals surface area contributed by atoms with E-state index < -0.39 is 11.7 Å². The van der Waals surface area contributed by atoms with Crippen molar-refractivity contribution in [1.29, 1.82) is 0 Å². The topological polar surface area (TPSA) is 69.9 Å². The summed E-state index contributed by atoms with van der Waals surface area (Å²) in [5.41, 5.74) is 7.57. The number of carbonyl (C=O) groups excluding carboxylic acids is 1. The van der Waals surface area contributed by atoms with E-state index in [0.717, 1.165) is 59.9 Å². The third-order valence-corrected chi connectivity index (χ3v) is 7.71. The molecule has 0 amide bonds. The number of hydrogen-bond donors (Lipinski definition) is 0. The summed E-state index contributed by atoms with van der Waals surface area (Å²) >= 11 is 7.80. The highest BCUT2D eigenvalue weighted by molar-refractivity contribution is 7.22. The second-order valence-electron chi connectivity index (χ2n) is 10.4.